The first-order valence-electron chi connectivity index (χ1n) is 12.0. The molecule has 0 amide bonds. The summed E-state index contributed by atoms with van der Waals surface area (Å²) in [6.07, 6.45) is 22.9. The van der Waals surface area contributed by atoms with E-state index < -0.39 is 0 Å². The van der Waals surface area contributed by atoms with Gasteiger partial charge >= 0.3 is 0 Å². The van der Waals surface area contributed by atoms with Crippen molar-refractivity contribution >= 4 is 22.6 Å². The minimum atomic E-state index is 0.398. The standard InChI is InChI=1S/C25H47IN/c1-4-5-6-7-8-9-10-11-12-13-14-15-16-20-25(2,3)27(24-19-21-26)22-17-18-23-27/h4-18,20,22-24H2,1-3H3/q+1. The molecule has 0 aromatic rings. The molecule has 0 N–H and O–H groups in total. The zero-order chi connectivity index (χ0) is 19.8. The second-order valence-electron chi connectivity index (χ2n) is 9.53. The van der Waals surface area contributed by atoms with Gasteiger partial charge in [0, 0.05) is 41.9 Å². The van der Waals surface area contributed by atoms with E-state index in [9.17, 15) is 0 Å². The Hall–Kier alpha value is 0.250. The summed E-state index contributed by atoms with van der Waals surface area (Å²) in [5.74, 6) is 3.40. The largest absolute Gasteiger partial charge is 0.309 e. The van der Waals surface area contributed by atoms with Gasteiger partial charge < -0.3 is 4.48 Å². The van der Waals surface area contributed by atoms with Crippen LogP contribution >= 0.6 is 22.6 Å². The third-order valence-corrected chi connectivity index (χ3v) is 7.43. The Labute approximate surface area is 185 Å². The monoisotopic (exact) mass is 488 g/mol. The molecule has 0 spiro atoms. The van der Waals surface area contributed by atoms with Gasteiger partial charge in [-0.15, -0.1) is 0 Å². The molecule has 1 fully saturated rings. The molecule has 0 atom stereocenters. The Balaban J connectivity index is 2.05. The summed E-state index contributed by atoms with van der Waals surface area (Å²) >= 11 is 2.20. The first-order chi connectivity index (χ1) is 13.1. The van der Waals surface area contributed by atoms with Gasteiger partial charge in [0.1, 0.15) is 6.54 Å². The van der Waals surface area contributed by atoms with Crippen LogP contribution in [-0.2, 0) is 0 Å². The highest BCUT2D eigenvalue weighted by atomic mass is 127. The van der Waals surface area contributed by atoms with Gasteiger partial charge in [-0.05, 0) is 30.1 Å². The lowest BCUT2D eigenvalue weighted by molar-refractivity contribution is -0.956. The predicted molar refractivity (Wildman–Crippen MR) is 130 cm³/mol. The van der Waals surface area contributed by atoms with Gasteiger partial charge in [-0.25, -0.2) is 0 Å². The molecule has 1 heterocycles. The van der Waals surface area contributed by atoms with E-state index in [0.717, 1.165) is 6.54 Å². The second kappa shape index (κ2) is 15.1. The molecule has 0 bridgehead atoms. The number of unbranched alkanes of at least 4 members (excludes halogenated alkanes) is 12. The average molecular weight is 489 g/mol. The average Bonchev–Trinajstić information content (AvgIpc) is 3.14. The Morgan fingerprint density at radius 3 is 1.63 bits per heavy atom. The van der Waals surface area contributed by atoms with Crippen molar-refractivity contribution in [3.05, 3.63) is 0 Å². The van der Waals surface area contributed by atoms with Gasteiger partial charge in [-0.1, -0.05) is 84.0 Å². The number of hydrogen-bond acceptors (Lipinski definition) is 0. The zero-order valence-corrected chi connectivity index (χ0v) is 20.9. The molecule has 158 valence electrons. The van der Waals surface area contributed by atoms with Gasteiger partial charge in [0.25, 0.3) is 0 Å². The van der Waals surface area contributed by atoms with Gasteiger partial charge in [0.15, 0.2) is 0 Å². The van der Waals surface area contributed by atoms with E-state index in [1.54, 1.807) is 0 Å². The van der Waals surface area contributed by atoms with Crippen LogP contribution in [0, 0.1) is 9.85 Å². The fourth-order valence-corrected chi connectivity index (χ4v) is 5.08. The summed E-state index contributed by atoms with van der Waals surface area (Å²) in [6.45, 7) is 11.1. The van der Waals surface area contributed by atoms with Gasteiger partial charge in [-0.3, -0.25) is 0 Å². The lowest BCUT2D eigenvalue weighted by Gasteiger charge is -2.47. The van der Waals surface area contributed by atoms with Crippen molar-refractivity contribution < 1.29 is 4.48 Å². The van der Waals surface area contributed by atoms with Crippen LogP contribution in [0.2, 0.25) is 0 Å². The zero-order valence-electron chi connectivity index (χ0n) is 18.8. The van der Waals surface area contributed by atoms with E-state index in [-0.39, 0.29) is 0 Å². The molecule has 0 aromatic heterocycles. The van der Waals surface area contributed by atoms with Crippen molar-refractivity contribution in [2.24, 2.45) is 0 Å². The van der Waals surface area contributed by atoms with Crippen LogP contribution in [0.4, 0.5) is 0 Å². The number of nitrogens with zero attached hydrogens (tertiary/aromatic N) is 1. The number of halogens is 1. The van der Waals surface area contributed by atoms with Crippen LogP contribution in [-0.4, -0.2) is 29.7 Å². The number of likely N-dealkylation sites (tertiary alicyclic amines) is 1. The van der Waals surface area contributed by atoms with E-state index >= 15 is 0 Å². The molecule has 27 heavy (non-hydrogen) atoms. The lowest BCUT2D eigenvalue weighted by atomic mass is 9.91. The van der Waals surface area contributed by atoms with E-state index in [0.29, 0.717) is 5.54 Å². The SMILES string of the molecule is CCCCCCCCCCCCCCCC(C)(C)[N+]1(CC#CI)CCCC1. The van der Waals surface area contributed by atoms with Crippen molar-refractivity contribution in [1.29, 1.82) is 0 Å². The van der Waals surface area contributed by atoms with Crippen LogP contribution in [0.3, 0.4) is 0 Å². The summed E-state index contributed by atoms with van der Waals surface area (Å²) in [7, 11) is 0. The first-order valence-corrected chi connectivity index (χ1v) is 13.1. The molecule has 1 nitrogen and oxygen atoms in total. The van der Waals surface area contributed by atoms with Gasteiger partial charge in [0.2, 0.25) is 0 Å². The molecule has 0 radical (unpaired) electrons. The topological polar surface area (TPSA) is 0 Å². The third kappa shape index (κ3) is 10.0. The summed E-state index contributed by atoms with van der Waals surface area (Å²) in [6, 6.07) is 0. The maximum atomic E-state index is 3.40. The number of hydrogen-bond donors (Lipinski definition) is 0. The molecular formula is C25H47IN+. The fourth-order valence-electron chi connectivity index (χ4n) is 4.91. The maximum Gasteiger partial charge on any atom is 0.142 e. The Morgan fingerprint density at radius 1 is 0.741 bits per heavy atom. The molecule has 1 aliphatic heterocycles. The predicted octanol–water partition coefficient (Wildman–Crippen LogP) is 8.25. The quantitative estimate of drug-likeness (QED) is 0.0888. The van der Waals surface area contributed by atoms with Crippen LogP contribution in [0.15, 0.2) is 0 Å². The minimum Gasteiger partial charge on any atom is -0.309 e. The third-order valence-electron chi connectivity index (χ3n) is 7.05. The molecule has 1 aliphatic rings. The Morgan fingerprint density at radius 2 is 1.19 bits per heavy atom. The maximum absolute atomic E-state index is 3.40. The number of quaternary nitrogens is 1. The molecule has 0 saturated carbocycles. The van der Waals surface area contributed by atoms with Crippen molar-refractivity contribution in [3.8, 4) is 9.85 Å². The highest BCUT2D eigenvalue weighted by Gasteiger charge is 2.44. The van der Waals surface area contributed by atoms with Gasteiger partial charge in [0.05, 0.1) is 18.6 Å². The van der Waals surface area contributed by atoms with Crippen molar-refractivity contribution in [2.45, 2.75) is 129 Å². The second-order valence-corrected chi connectivity index (χ2v) is 10.1. The van der Waals surface area contributed by atoms with E-state index in [1.807, 2.05) is 0 Å². The fraction of sp³-hybridized carbons (Fsp3) is 0.920. The molecule has 1 saturated heterocycles. The molecule has 0 aliphatic carbocycles. The first kappa shape index (κ1) is 25.3. The summed E-state index contributed by atoms with van der Waals surface area (Å²) < 4.78 is 4.36. The molecule has 1 rings (SSSR count). The van der Waals surface area contributed by atoms with E-state index in [2.05, 4.69) is 53.2 Å². The highest BCUT2D eigenvalue weighted by molar-refractivity contribution is 14.1. The van der Waals surface area contributed by atoms with Gasteiger partial charge in [-0.2, -0.15) is 0 Å². The molecule has 0 unspecified atom stereocenters. The molecule has 2 heteroatoms. The lowest BCUT2D eigenvalue weighted by Crippen LogP contribution is -2.60. The van der Waals surface area contributed by atoms with Crippen LogP contribution in [0.25, 0.3) is 0 Å². The van der Waals surface area contributed by atoms with Crippen molar-refractivity contribution in [3.63, 3.8) is 0 Å². The smallest absolute Gasteiger partial charge is 0.142 e. The number of rotatable bonds is 16. The summed E-state index contributed by atoms with van der Waals surface area (Å²) in [5, 5.41) is 0. The van der Waals surface area contributed by atoms with Crippen molar-refractivity contribution in [1.82, 2.24) is 0 Å². The molecule has 0 aromatic carbocycles. The summed E-state index contributed by atoms with van der Waals surface area (Å²) in [5.41, 5.74) is 0.398. The van der Waals surface area contributed by atoms with Crippen molar-refractivity contribution in [2.75, 3.05) is 19.6 Å². The van der Waals surface area contributed by atoms with Crippen LogP contribution in [0.1, 0.15) is 124 Å². The normalized spacial score (nSPS) is 16.3. The van der Waals surface area contributed by atoms with E-state index in [4.69, 9.17) is 0 Å². The van der Waals surface area contributed by atoms with Crippen LogP contribution in [0.5, 0.6) is 0 Å². The Kier molecular flexibility index (Phi) is 14.2. The van der Waals surface area contributed by atoms with E-state index in [1.165, 1.54) is 120 Å². The Bertz CT molecular complexity index is 412. The van der Waals surface area contributed by atoms with Crippen LogP contribution < -0.4 is 0 Å². The highest BCUT2D eigenvalue weighted by Crippen LogP contribution is 2.35. The summed E-state index contributed by atoms with van der Waals surface area (Å²) in [4.78, 5) is 0. The minimum absolute atomic E-state index is 0.398. The molecular weight excluding hydrogens is 441 g/mol.